The molecule has 1 aliphatic rings. The number of carbonyl (C=O) groups excluding carboxylic acids is 1. The maximum Gasteiger partial charge on any atom is 0.219 e. The van der Waals surface area contributed by atoms with Gasteiger partial charge in [0.1, 0.15) is 12.8 Å². The predicted molar refractivity (Wildman–Crippen MR) is 90.0 cm³/mol. The maximum absolute atomic E-state index is 13.2. The van der Waals surface area contributed by atoms with E-state index in [1.54, 1.807) is 7.05 Å². The third kappa shape index (κ3) is 7.55. The number of likely N-dealkylation sites (tertiary alicyclic amines) is 1. The molecule has 1 fully saturated rings. The molecule has 0 aliphatic carbocycles. The molecule has 1 saturated heterocycles. The second-order valence-corrected chi connectivity index (χ2v) is 5.75. The Labute approximate surface area is 138 Å². The van der Waals surface area contributed by atoms with Gasteiger partial charge < -0.3 is 5.32 Å². The smallest absolute Gasteiger partial charge is 0.219 e. The Morgan fingerprint density at radius 3 is 2.57 bits per heavy atom. The van der Waals surface area contributed by atoms with Crippen molar-refractivity contribution >= 4 is 5.91 Å². The molecular weight excluding hydrogens is 298 g/mol. The molecule has 0 saturated carbocycles. The van der Waals surface area contributed by atoms with Crippen LogP contribution in [-0.4, -0.2) is 49.8 Å². The van der Waals surface area contributed by atoms with Gasteiger partial charge in [-0.3, -0.25) is 9.69 Å². The van der Waals surface area contributed by atoms with Crippen LogP contribution < -0.4 is 5.32 Å². The van der Waals surface area contributed by atoms with Crippen molar-refractivity contribution in [1.82, 2.24) is 10.2 Å². The van der Waals surface area contributed by atoms with E-state index in [1.165, 1.54) is 5.56 Å². The fraction of sp³-hybridized carbons (Fsp3) is 0.611. The average Bonchev–Trinajstić information content (AvgIpc) is 2.95. The number of alkyl halides is 2. The summed E-state index contributed by atoms with van der Waals surface area (Å²) in [6, 6.07) is 10.0. The van der Waals surface area contributed by atoms with Gasteiger partial charge in [-0.15, -0.1) is 0 Å². The van der Waals surface area contributed by atoms with E-state index in [1.807, 2.05) is 30.0 Å². The second kappa shape index (κ2) is 11.1. The highest BCUT2D eigenvalue weighted by Crippen LogP contribution is 2.21. The summed E-state index contributed by atoms with van der Waals surface area (Å²) in [6.45, 7) is 2.60. The maximum atomic E-state index is 13.2. The molecule has 3 nitrogen and oxygen atoms in total. The van der Waals surface area contributed by atoms with Gasteiger partial charge in [0.05, 0.1) is 0 Å². The third-order valence-electron chi connectivity index (χ3n) is 4.01. The first-order valence-corrected chi connectivity index (χ1v) is 8.29. The lowest BCUT2D eigenvalue weighted by Gasteiger charge is -2.21. The van der Waals surface area contributed by atoms with E-state index in [2.05, 4.69) is 17.4 Å². The molecule has 1 N–H and O–H groups in total. The van der Waals surface area contributed by atoms with Crippen LogP contribution in [0, 0.1) is 0 Å². The molecule has 130 valence electrons. The van der Waals surface area contributed by atoms with Crippen molar-refractivity contribution in [3.63, 3.8) is 0 Å². The van der Waals surface area contributed by atoms with Crippen LogP contribution in [0.4, 0.5) is 8.78 Å². The topological polar surface area (TPSA) is 32.3 Å². The number of amides is 1. The summed E-state index contributed by atoms with van der Waals surface area (Å²) in [4.78, 5) is 12.0. The van der Waals surface area contributed by atoms with Gasteiger partial charge in [-0.2, -0.15) is 0 Å². The van der Waals surface area contributed by atoms with E-state index in [4.69, 9.17) is 0 Å². The van der Waals surface area contributed by atoms with Crippen LogP contribution in [0.2, 0.25) is 0 Å². The number of carbonyl (C=O) groups is 1. The minimum atomic E-state index is -0.840. The number of nitrogens with one attached hydrogen (secondary N) is 1. The van der Waals surface area contributed by atoms with E-state index in [0.717, 1.165) is 19.4 Å². The van der Waals surface area contributed by atoms with E-state index < -0.39 is 12.8 Å². The quantitative estimate of drug-likeness (QED) is 0.871. The van der Waals surface area contributed by atoms with E-state index in [9.17, 15) is 13.6 Å². The summed E-state index contributed by atoms with van der Waals surface area (Å²) in [5.41, 5.74) is 1.29. The van der Waals surface area contributed by atoms with Crippen LogP contribution in [0.25, 0.3) is 0 Å². The van der Waals surface area contributed by atoms with Gasteiger partial charge in [-0.1, -0.05) is 37.3 Å². The molecule has 5 heteroatoms. The summed E-state index contributed by atoms with van der Waals surface area (Å²) in [5, 5.41) is 2.48. The minimum Gasteiger partial charge on any atom is -0.359 e. The predicted octanol–water partition coefficient (Wildman–Crippen LogP) is 3.14. The van der Waals surface area contributed by atoms with Gasteiger partial charge in [-0.25, -0.2) is 8.78 Å². The zero-order valence-electron chi connectivity index (χ0n) is 14.1. The lowest BCUT2D eigenvalue weighted by atomic mass is 10.1. The first-order valence-electron chi connectivity index (χ1n) is 8.29. The molecule has 1 aromatic carbocycles. The van der Waals surface area contributed by atoms with Gasteiger partial charge in [0, 0.05) is 26.1 Å². The molecular formula is C18H28F2N2O. The van der Waals surface area contributed by atoms with Crippen molar-refractivity contribution in [2.45, 2.75) is 44.8 Å². The van der Waals surface area contributed by atoms with E-state index >= 15 is 0 Å². The Morgan fingerprint density at radius 2 is 2.04 bits per heavy atom. The van der Waals surface area contributed by atoms with Crippen molar-refractivity contribution in [3.05, 3.63) is 35.9 Å². The third-order valence-corrected chi connectivity index (χ3v) is 4.01. The number of halogens is 2. The second-order valence-electron chi connectivity index (χ2n) is 5.75. The zero-order chi connectivity index (χ0) is 17.1. The normalized spacial score (nSPS) is 20.7. The Kier molecular flexibility index (Phi) is 9.45. The van der Waals surface area contributed by atoms with Gasteiger partial charge in [0.15, 0.2) is 0 Å². The SMILES string of the molecule is CCC(=O)NC.FCC1CC(F)CN1CCCc1ccccc1. The summed E-state index contributed by atoms with van der Waals surface area (Å²) in [6.07, 6.45) is 2.05. The van der Waals surface area contributed by atoms with Crippen molar-refractivity contribution in [2.24, 2.45) is 0 Å². The Balaban J connectivity index is 0.000000379. The largest absolute Gasteiger partial charge is 0.359 e. The van der Waals surface area contributed by atoms with Crippen molar-refractivity contribution < 1.29 is 13.6 Å². The Hall–Kier alpha value is -1.49. The number of aryl methyl sites for hydroxylation is 1. The molecule has 1 heterocycles. The summed E-state index contributed by atoms with van der Waals surface area (Å²) < 4.78 is 25.8. The molecule has 0 spiro atoms. The number of hydrogen-bond acceptors (Lipinski definition) is 2. The van der Waals surface area contributed by atoms with Gasteiger partial charge in [-0.05, 0) is 31.4 Å². The fourth-order valence-corrected chi connectivity index (χ4v) is 2.66. The first kappa shape index (κ1) is 19.6. The molecule has 23 heavy (non-hydrogen) atoms. The average molecular weight is 326 g/mol. The van der Waals surface area contributed by atoms with Crippen LogP contribution in [0.1, 0.15) is 31.7 Å². The molecule has 0 bridgehead atoms. The Morgan fingerprint density at radius 1 is 1.35 bits per heavy atom. The molecule has 1 aromatic rings. The molecule has 0 radical (unpaired) electrons. The number of rotatable bonds is 6. The zero-order valence-corrected chi connectivity index (χ0v) is 14.1. The molecule has 2 unspecified atom stereocenters. The van der Waals surface area contributed by atoms with Crippen LogP contribution in [0.3, 0.4) is 0 Å². The van der Waals surface area contributed by atoms with Crippen molar-refractivity contribution in [1.29, 1.82) is 0 Å². The van der Waals surface area contributed by atoms with Crippen molar-refractivity contribution in [2.75, 3.05) is 26.8 Å². The number of hydrogen-bond donors (Lipinski definition) is 1. The van der Waals surface area contributed by atoms with Gasteiger partial charge >= 0.3 is 0 Å². The highest BCUT2D eigenvalue weighted by atomic mass is 19.1. The molecule has 2 rings (SSSR count). The fourth-order valence-electron chi connectivity index (χ4n) is 2.66. The van der Waals surface area contributed by atoms with Gasteiger partial charge in [0.25, 0.3) is 0 Å². The monoisotopic (exact) mass is 326 g/mol. The summed E-state index contributed by atoms with van der Waals surface area (Å²) in [7, 11) is 1.63. The minimum absolute atomic E-state index is 0.0926. The highest BCUT2D eigenvalue weighted by molar-refractivity contribution is 5.74. The van der Waals surface area contributed by atoms with Crippen LogP contribution in [0.15, 0.2) is 30.3 Å². The lowest BCUT2D eigenvalue weighted by Crippen LogP contribution is -2.32. The summed E-state index contributed by atoms with van der Waals surface area (Å²) >= 11 is 0. The van der Waals surface area contributed by atoms with Crippen molar-refractivity contribution in [3.8, 4) is 0 Å². The number of nitrogens with zero attached hydrogens (tertiary/aromatic N) is 1. The summed E-state index contributed by atoms with van der Waals surface area (Å²) in [5.74, 6) is 0.0926. The van der Waals surface area contributed by atoms with Gasteiger partial charge in [0.2, 0.25) is 5.91 Å². The molecule has 2 atom stereocenters. The molecule has 1 aliphatic heterocycles. The van der Waals surface area contributed by atoms with Crippen LogP contribution >= 0.6 is 0 Å². The first-order chi connectivity index (χ1) is 11.1. The van der Waals surface area contributed by atoms with E-state index in [-0.39, 0.29) is 11.9 Å². The number of benzene rings is 1. The van der Waals surface area contributed by atoms with Crippen LogP contribution in [0.5, 0.6) is 0 Å². The highest BCUT2D eigenvalue weighted by Gasteiger charge is 2.31. The molecule has 1 amide bonds. The lowest BCUT2D eigenvalue weighted by molar-refractivity contribution is -0.120. The standard InChI is InChI=1S/C14H19F2N.C4H9NO/c15-10-14-9-13(16)11-17(14)8-4-7-12-5-2-1-3-6-12;1-3-4(6)5-2/h1-3,5-6,13-14H,4,7-11H2;3H2,1-2H3,(H,5,6). The van der Waals surface area contributed by atoms with Crippen LogP contribution in [-0.2, 0) is 11.2 Å². The Bertz CT molecular complexity index is 436. The van der Waals surface area contributed by atoms with E-state index in [0.29, 0.717) is 19.4 Å². The molecule has 0 aromatic heterocycles.